The highest BCUT2D eigenvalue weighted by Gasteiger charge is 2.81. The fraction of sp³-hybridized carbons (Fsp3) is 0.538. The van der Waals surface area contributed by atoms with Crippen LogP contribution in [0, 0.1) is 6.92 Å². The standard InChI is InChI=1S/C13H10F9N3/c1-7-2-4-8(5-3-7)9(24-25-23)6-10(14,15)11(16,17)12(18,19)13(20,21)22/h2-5,9H,6H2,1H3. The minimum atomic E-state index is -6.97. The van der Waals surface area contributed by atoms with Gasteiger partial charge in [-0.1, -0.05) is 34.9 Å². The Bertz CT molecular complexity index is 646. The van der Waals surface area contributed by atoms with Crippen molar-refractivity contribution < 1.29 is 39.5 Å². The SMILES string of the molecule is Cc1ccc(C(CC(F)(F)C(F)(F)C(F)(F)C(F)(F)F)N=[N+]=[N-])cc1. The van der Waals surface area contributed by atoms with E-state index in [9.17, 15) is 39.5 Å². The van der Waals surface area contributed by atoms with Crippen molar-refractivity contribution in [2.45, 2.75) is 43.3 Å². The summed E-state index contributed by atoms with van der Waals surface area (Å²) in [5.41, 5.74) is 8.71. The summed E-state index contributed by atoms with van der Waals surface area (Å²) in [6.07, 6.45) is -9.13. The summed E-state index contributed by atoms with van der Waals surface area (Å²) in [5, 5.41) is 2.81. The van der Waals surface area contributed by atoms with Crippen molar-refractivity contribution in [1.82, 2.24) is 0 Å². The van der Waals surface area contributed by atoms with Crippen molar-refractivity contribution >= 4 is 0 Å². The van der Waals surface area contributed by atoms with Gasteiger partial charge in [0.1, 0.15) is 0 Å². The van der Waals surface area contributed by atoms with Gasteiger partial charge < -0.3 is 0 Å². The quantitative estimate of drug-likeness (QED) is 0.244. The fourth-order valence-corrected chi connectivity index (χ4v) is 1.85. The lowest BCUT2D eigenvalue weighted by Crippen LogP contribution is -2.61. The summed E-state index contributed by atoms with van der Waals surface area (Å²) in [7, 11) is 0. The molecule has 25 heavy (non-hydrogen) atoms. The van der Waals surface area contributed by atoms with Gasteiger partial charge in [0.25, 0.3) is 0 Å². The summed E-state index contributed by atoms with van der Waals surface area (Å²) in [4.78, 5) is 2.15. The minimum absolute atomic E-state index is 0.241. The van der Waals surface area contributed by atoms with Crippen molar-refractivity contribution in [2.75, 3.05) is 0 Å². The number of hydrogen-bond donors (Lipinski definition) is 0. The third-order valence-corrected chi connectivity index (χ3v) is 3.31. The molecule has 1 atom stereocenters. The van der Waals surface area contributed by atoms with E-state index in [4.69, 9.17) is 5.53 Å². The first-order valence-electron chi connectivity index (χ1n) is 6.48. The van der Waals surface area contributed by atoms with E-state index >= 15 is 0 Å². The maximum Gasteiger partial charge on any atom is 0.460 e. The molecule has 0 aliphatic heterocycles. The van der Waals surface area contributed by atoms with E-state index < -0.39 is 36.4 Å². The highest BCUT2D eigenvalue weighted by molar-refractivity contribution is 5.25. The highest BCUT2D eigenvalue weighted by atomic mass is 19.4. The second-order valence-electron chi connectivity index (χ2n) is 5.19. The molecular weight excluding hydrogens is 369 g/mol. The average Bonchev–Trinajstić information content (AvgIpc) is 2.45. The molecule has 0 bridgehead atoms. The number of halogens is 9. The van der Waals surface area contributed by atoms with Crippen molar-refractivity contribution in [1.29, 1.82) is 0 Å². The summed E-state index contributed by atoms with van der Waals surface area (Å²) < 4.78 is 116. The van der Waals surface area contributed by atoms with Crippen LogP contribution in [0.2, 0.25) is 0 Å². The van der Waals surface area contributed by atoms with Crippen molar-refractivity contribution in [2.24, 2.45) is 5.11 Å². The van der Waals surface area contributed by atoms with Gasteiger partial charge in [0.05, 0.1) is 6.04 Å². The highest BCUT2D eigenvalue weighted by Crippen LogP contribution is 2.55. The van der Waals surface area contributed by atoms with E-state index in [0.29, 0.717) is 5.56 Å². The van der Waals surface area contributed by atoms with Crippen LogP contribution in [-0.4, -0.2) is 23.9 Å². The van der Waals surface area contributed by atoms with E-state index in [1.807, 2.05) is 0 Å². The number of hydrogen-bond acceptors (Lipinski definition) is 1. The van der Waals surface area contributed by atoms with Gasteiger partial charge in [0.2, 0.25) is 0 Å². The van der Waals surface area contributed by atoms with Crippen LogP contribution in [0.4, 0.5) is 39.5 Å². The zero-order chi connectivity index (χ0) is 19.7. The van der Waals surface area contributed by atoms with Gasteiger partial charge in [-0.3, -0.25) is 0 Å². The summed E-state index contributed by atoms with van der Waals surface area (Å²) in [6.45, 7) is 1.58. The van der Waals surface area contributed by atoms with Crippen molar-refractivity contribution in [3.05, 3.63) is 45.8 Å². The van der Waals surface area contributed by atoms with Crippen LogP contribution in [0.1, 0.15) is 23.6 Å². The summed E-state index contributed by atoms with van der Waals surface area (Å²) in [6, 6.07) is 2.79. The average molecular weight is 379 g/mol. The molecule has 0 fully saturated rings. The molecule has 1 aromatic carbocycles. The van der Waals surface area contributed by atoms with Gasteiger partial charge in [0.15, 0.2) is 0 Å². The summed E-state index contributed by atoms with van der Waals surface area (Å²) in [5.74, 6) is -19.5. The molecule has 0 saturated carbocycles. The molecule has 0 radical (unpaired) electrons. The maximum absolute atomic E-state index is 13.7. The molecule has 0 N–H and O–H groups in total. The van der Waals surface area contributed by atoms with Gasteiger partial charge in [-0.15, -0.1) is 0 Å². The first-order chi connectivity index (χ1) is 11.2. The van der Waals surface area contributed by atoms with Crippen molar-refractivity contribution in [3.63, 3.8) is 0 Å². The number of rotatable bonds is 6. The zero-order valence-corrected chi connectivity index (χ0v) is 12.3. The number of azide groups is 1. The smallest absolute Gasteiger partial charge is 0.200 e. The Morgan fingerprint density at radius 1 is 0.920 bits per heavy atom. The van der Waals surface area contributed by atoms with Crippen molar-refractivity contribution in [3.8, 4) is 0 Å². The van der Waals surface area contributed by atoms with Gasteiger partial charge in [-0.25, -0.2) is 0 Å². The molecule has 3 nitrogen and oxygen atoms in total. The number of nitrogens with zero attached hydrogens (tertiary/aromatic N) is 3. The fourth-order valence-electron chi connectivity index (χ4n) is 1.85. The van der Waals surface area contributed by atoms with Crippen LogP contribution in [0.5, 0.6) is 0 Å². The van der Waals surface area contributed by atoms with Crippen LogP contribution in [0.25, 0.3) is 10.4 Å². The Balaban J connectivity index is 3.26. The molecule has 0 amide bonds. The molecule has 0 heterocycles. The Kier molecular flexibility index (Phi) is 5.58. The Morgan fingerprint density at radius 2 is 1.40 bits per heavy atom. The summed E-state index contributed by atoms with van der Waals surface area (Å²) >= 11 is 0. The van der Waals surface area contributed by atoms with Crippen LogP contribution in [-0.2, 0) is 0 Å². The van der Waals surface area contributed by atoms with Crippen LogP contribution >= 0.6 is 0 Å². The number of alkyl halides is 9. The van der Waals surface area contributed by atoms with Crippen LogP contribution in [0.3, 0.4) is 0 Å². The zero-order valence-electron chi connectivity index (χ0n) is 12.3. The van der Waals surface area contributed by atoms with Gasteiger partial charge in [0, 0.05) is 11.3 Å². The third kappa shape index (κ3) is 3.94. The second kappa shape index (κ2) is 6.66. The first kappa shape index (κ1) is 20.9. The molecule has 140 valence electrons. The van der Waals surface area contributed by atoms with Gasteiger partial charge in [-0.2, -0.15) is 39.5 Å². The molecule has 12 heteroatoms. The number of aryl methyl sites for hydroxylation is 1. The topological polar surface area (TPSA) is 48.8 Å². The predicted molar refractivity (Wildman–Crippen MR) is 68.6 cm³/mol. The van der Waals surface area contributed by atoms with E-state index in [1.165, 1.54) is 12.1 Å². The Hall–Kier alpha value is -2.10. The first-order valence-corrected chi connectivity index (χ1v) is 6.48. The largest absolute Gasteiger partial charge is 0.460 e. The Labute approximate surface area is 135 Å². The second-order valence-corrected chi connectivity index (χ2v) is 5.19. The monoisotopic (exact) mass is 379 g/mol. The molecule has 1 aromatic rings. The maximum atomic E-state index is 13.7. The van der Waals surface area contributed by atoms with Crippen LogP contribution < -0.4 is 0 Å². The molecule has 0 spiro atoms. The lowest BCUT2D eigenvalue weighted by atomic mass is 9.93. The molecule has 0 aliphatic carbocycles. The van der Waals surface area contributed by atoms with E-state index in [2.05, 4.69) is 10.0 Å². The van der Waals surface area contributed by atoms with Gasteiger partial charge >= 0.3 is 23.9 Å². The van der Waals surface area contributed by atoms with E-state index in [1.54, 1.807) is 6.92 Å². The molecule has 1 unspecified atom stereocenters. The molecule has 0 saturated heterocycles. The lowest BCUT2D eigenvalue weighted by Gasteiger charge is -2.34. The normalized spacial score (nSPS) is 14.8. The molecule has 0 aliphatic rings. The van der Waals surface area contributed by atoms with Gasteiger partial charge in [-0.05, 0) is 18.0 Å². The predicted octanol–water partition coefficient (Wildman–Crippen LogP) is 6.20. The van der Waals surface area contributed by atoms with E-state index in [0.717, 1.165) is 12.1 Å². The molecular formula is C13H10F9N3. The van der Waals surface area contributed by atoms with Crippen LogP contribution in [0.15, 0.2) is 29.4 Å². The lowest BCUT2D eigenvalue weighted by molar-refractivity contribution is -0.397. The third-order valence-electron chi connectivity index (χ3n) is 3.31. The molecule has 0 aromatic heterocycles. The molecule has 1 rings (SSSR count). The Morgan fingerprint density at radius 3 is 1.80 bits per heavy atom. The number of benzene rings is 1. The minimum Gasteiger partial charge on any atom is -0.200 e. The van der Waals surface area contributed by atoms with E-state index in [-0.39, 0.29) is 5.56 Å².